The molecule has 1 aromatic carbocycles. The average Bonchev–Trinajstić information content (AvgIpc) is 3.12. The largest absolute Gasteiger partial charge is 0.389 e. The Hall–Kier alpha value is -1.88. The van der Waals surface area contributed by atoms with E-state index in [4.69, 9.17) is 0 Å². The lowest BCUT2D eigenvalue weighted by molar-refractivity contribution is -0.138. The molecule has 1 N–H and O–H groups in total. The van der Waals surface area contributed by atoms with Gasteiger partial charge in [0, 0.05) is 26.1 Å². The van der Waals surface area contributed by atoms with Crippen LogP contribution in [0.3, 0.4) is 0 Å². The Labute approximate surface area is 156 Å². The van der Waals surface area contributed by atoms with E-state index in [2.05, 4.69) is 0 Å². The number of β-amino-alcohol motifs (C(OH)–C–C–N with tert-alkyl or cyclic N) is 1. The molecule has 1 saturated heterocycles. The van der Waals surface area contributed by atoms with Crippen molar-refractivity contribution in [1.82, 2.24) is 9.80 Å². The molecule has 1 saturated carbocycles. The van der Waals surface area contributed by atoms with Gasteiger partial charge in [0.2, 0.25) is 11.8 Å². The molecule has 0 aromatic heterocycles. The van der Waals surface area contributed by atoms with Crippen LogP contribution in [-0.2, 0) is 16.0 Å². The van der Waals surface area contributed by atoms with E-state index in [9.17, 15) is 14.7 Å². The van der Waals surface area contributed by atoms with Gasteiger partial charge in [-0.2, -0.15) is 0 Å². The molecule has 3 rings (SSSR count). The predicted molar refractivity (Wildman–Crippen MR) is 101 cm³/mol. The molecule has 5 nitrogen and oxygen atoms in total. The van der Waals surface area contributed by atoms with E-state index in [1.165, 1.54) is 31.2 Å². The third-order valence-corrected chi connectivity index (χ3v) is 5.65. The summed E-state index contributed by atoms with van der Waals surface area (Å²) in [4.78, 5) is 28.4. The quantitative estimate of drug-likeness (QED) is 0.848. The van der Waals surface area contributed by atoms with Crippen molar-refractivity contribution in [2.45, 2.75) is 51.0 Å². The second-order valence-electron chi connectivity index (χ2n) is 7.69. The normalized spacial score (nSPS) is 21.9. The number of carbonyl (C=O) groups is 2. The molecule has 0 spiro atoms. The second-order valence-corrected chi connectivity index (χ2v) is 7.69. The van der Waals surface area contributed by atoms with Crippen LogP contribution in [0, 0.1) is 5.92 Å². The third-order valence-electron chi connectivity index (χ3n) is 5.65. The summed E-state index contributed by atoms with van der Waals surface area (Å²) >= 11 is 0. The van der Waals surface area contributed by atoms with Crippen molar-refractivity contribution < 1.29 is 14.7 Å². The van der Waals surface area contributed by atoms with Gasteiger partial charge in [-0.15, -0.1) is 0 Å². The van der Waals surface area contributed by atoms with Crippen LogP contribution in [0.1, 0.15) is 44.1 Å². The minimum absolute atomic E-state index is 0.00853. The Kier molecular flexibility index (Phi) is 6.67. The molecule has 142 valence electrons. The first-order chi connectivity index (χ1) is 12.6. The highest BCUT2D eigenvalue weighted by Gasteiger charge is 2.29. The molecule has 1 atom stereocenters. The first kappa shape index (κ1) is 18.9. The van der Waals surface area contributed by atoms with Crippen LogP contribution in [0.5, 0.6) is 0 Å². The maximum absolute atomic E-state index is 12.6. The fraction of sp³-hybridized carbons (Fsp3) is 0.619. The van der Waals surface area contributed by atoms with Gasteiger partial charge >= 0.3 is 0 Å². The van der Waals surface area contributed by atoms with Crippen molar-refractivity contribution in [3.05, 3.63) is 35.9 Å². The first-order valence-electron chi connectivity index (χ1n) is 9.89. The summed E-state index contributed by atoms with van der Waals surface area (Å²) in [5.74, 6) is 0.606. The predicted octanol–water partition coefficient (Wildman–Crippen LogP) is 2.23. The van der Waals surface area contributed by atoms with E-state index >= 15 is 0 Å². The van der Waals surface area contributed by atoms with Crippen LogP contribution >= 0.6 is 0 Å². The van der Waals surface area contributed by atoms with Crippen LogP contribution in [0.2, 0.25) is 0 Å². The number of hydrogen-bond acceptors (Lipinski definition) is 3. The summed E-state index contributed by atoms with van der Waals surface area (Å²) < 4.78 is 0. The molecule has 1 aromatic rings. The van der Waals surface area contributed by atoms with E-state index < -0.39 is 6.10 Å². The fourth-order valence-electron chi connectivity index (χ4n) is 4.10. The molecule has 1 unspecified atom stereocenters. The Morgan fingerprint density at radius 3 is 2.58 bits per heavy atom. The van der Waals surface area contributed by atoms with Gasteiger partial charge in [0.05, 0.1) is 12.6 Å². The third kappa shape index (κ3) is 5.31. The van der Waals surface area contributed by atoms with Crippen LogP contribution in [0.4, 0.5) is 0 Å². The van der Waals surface area contributed by atoms with E-state index in [-0.39, 0.29) is 24.9 Å². The molecular weight excluding hydrogens is 328 g/mol. The Morgan fingerprint density at radius 1 is 1.12 bits per heavy atom. The zero-order chi connectivity index (χ0) is 18.4. The highest BCUT2D eigenvalue weighted by Crippen LogP contribution is 2.28. The Bertz CT molecular complexity index is 599. The summed E-state index contributed by atoms with van der Waals surface area (Å²) in [6, 6.07) is 10.0. The van der Waals surface area contributed by atoms with Crippen molar-refractivity contribution in [2.24, 2.45) is 5.92 Å². The summed E-state index contributed by atoms with van der Waals surface area (Å²) in [6.45, 7) is 1.23. The standard InChI is InChI=1S/C21H30N2O3/c24-19-14-22(13-12-18-6-2-1-3-7-18)21(26)16-23(15-19)20(25)11-10-17-8-4-5-9-17/h1-3,6-7,17,19,24H,4-5,8-16H2. The highest BCUT2D eigenvalue weighted by molar-refractivity contribution is 5.85. The zero-order valence-electron chi connectivity index (χ0n) is 15.5. The molecule has 26 heavy (non-hydrogen) atoms. The molecule has 0 radical (unpaired) electrons. The van der Waals surface area contributed by atoms with E-state index in [0.717, 1.165) is 12.8 Å². The molecule has 0 bridgehead atoms. The van der Waals surface area contributed by atoms with Gasteiger partial charge in [-0.3, -0.25) is 9.59 Å². The number of aliphatic hydroxyl groups is 1. The number of carbonyl (C=O) groups excluding carboxylic acids is 2. The topological polar surface area (TPSA) is 60.9 Å². The molecule has 1 aliphatic carbocycles. The van der Waals surface area contributed by atoms with E-state index in [0.29, 0.717) is 25.4 Å². The molecular formula is C21H30N2O3. The lowest BCUT2D eigenvalue weighted by Crippen LogP contribution is -2.40. The van der Waals surface area contributed by atoms with Crippen molar-refractivity contribution in [3.63, 3.8) is 0 Å². The number of rotatable bonds is 6. The van der Waals surface area contributed by atoms with Gasteiger partial charge in [-0.1, -0.05) is 56.0 Å². The summed E-state index contributed by atoms with van der Waals surface area (Å²) in [5, 5.41) is 10.3. The van der Waals surface area contributed by atoms with Crippen LogP contribution < -0.4 is 0 Å². The van der Waals surface area contributed by atoms with E-state index in [1.807, 2.05) is 30.3 Å². The molecule has 1 aliphatic heterocycles. The molecule has 5 heteroatoms. The van der Waals surface area contributed by atoms with E-state index in [1.54, 1.807) is 9.80 Å². The number of aliphatic hydroxyl groups excluding tert-OH is 1. The number of benzene rings is 1. The van der Waals surface area contributed by atoms with Crippen LogP contribution in [-0.4, -0.2) is 59.0 Å². The Morgan fingerprint density at radius 2 is 1.85 bits per heavy atom. The van der Waals surface area contributed by atoms with Crippen molar-refractivity contribution in [2.75, 3.05) is 26.2 Å². The maximum atomic E-state index is 12.6. The molecule has 1 heterocycles. The van der Waals surface area contributed by atoms with Gasteiger partial charge in [-0.05, 0) is 24.3 Å². The summed E-state index contributed by atoms with van der Waals surface area (Å²) in [7, 11) is 0. The number of hydrogen-bond donors (Lipinski definition) is 1. The van der Waals surface area contributed by atoms with Gasteiger partial charge < -0.3 is 14.9 Å². The lowest BCUT2D eigenvalue weighted by Gasteiger charge is -2.22. The zero-order valence-corrected chi connectivity index (χ0v) is 15.5. The summed E-state index contributed by atoms with van der Waals surface area (Å²) in [6.07, 6.45) is 6.49. The lowest BCUT2D eigenvalue weighted by atomic mass is 10.0. The second kappa shape index (κ2) is 9.17. The van der Waals surface area contributed by atoms with Gasteiger partial charge in [-0.25, -0.2) is 0 Å². The maximum Gasteiger partial charge on any atom is 0.242 e. The highest BCUT2D eigenvalue weighted by atomic mass is 16.3. The minimum Gasteiger partial charge on any atom is -0.389 e. The SMILES string of the molecule is O=C1CN(C(=O)CCC2CCCC2)CC(O)CN1CCc1ccccc1. The Balaban J connectivity index is 1.51. The number of nitrogens with zero attached hydrogens (tertiary/aromatic N) is 2. The van der Waals surface area contributed by atoms with Crippen LogP contribution in [0.25, 0.3) is 0 Å². The van der Waals surface area contributed by atoms with Crippen molar-refractivity contribution in [3.8, 4) is 0 Å². The molecule has 2 fully saturated rings. The minimum atomic E-state index is -0.673. The molecule has 2 amide bonds. The first-order valence-corrected chi connectivity index (χ1v) is 9.89. The number of amides is 2. The average molecular weight is 358 g/mol. The molecule has 2 aliphatic rings. The summed E-state index contributed by atoms with van der Waals surface area (Å²) in [5.41, 5.74) is 1.17. The van der Waals surface area contributed by atoms with Gasteiger partial charge in [0.15, 0.2) is 0 Å². The van der Waals surface area contributed by atoms with Crippen molar-refractivity contribution >= 4 is 11.8 Å². The smallest absolute Gasteiger partial charge is 0.242 e. The van der Waals surface area contributed by atoms with Crippen molar-refractivity contribution in [1.29, 1.82) is 0 Å². The van der Waals surface area contributed by atoms with Gasteiger partial charge in [0.25, 0.3) is 0 Å². The van der Waals surface area contributed by atoms with Gasteiger partial charge in [0.1, 0.15) is 0 Å². The fourth-order valence-corrected chi connectivity index (χ4v) is 4.10. The monoisotopic (exact) mass is 358 g/mol. The van der Waals surface area contributed by atoms with Crippen LogP contribution in [0.15, 0.2) is 30.3 Å².